The van der Waals surface area contributed by atoms with E-state index in [4.69, 9.17) is 0 Å². The molecule has 0 saturated heterocycles. The molecule has 1 N–H and O–H groups in total. The number of aromatic nitrogens is 1. The van der Waals surface area contributed by atoms with E-state index in [2.05, 4.69) is 4.99 Å². The number of benzene rings is 1. The van der Waals surface area contributed by atoms with Gasteiger partial charge in [-0.15, -0.1) is 0 Å². The number of rotatable bonds is 3. The van der Waals surface area contributed by atoms with Crippen LogP contribution in [0, 0.1) is 32.1 Å². The Labute approximate surface area is 141 Å². The first-order valence-electron chi connectivity index (χ1n) is 7.77. The lowest BCUT2D eigenvalue weighted by molar-refractivity contribution is 0.386. The van der Waals surface area contributed by atoms with E-state index < -0.39 is 5.56 Å². The summed E-state index contributed by atoms with van der Waals surface area (Å²) in [4.78, 5) is 16.8. The summed E-state index contributed by atoms with van der Waals surface area (Å²) in [6.07, 6.45) is 1.52. The van der Waals surface area contributed by atoms with Crippen LogP contribution in [-0.2, 0) is 0 Å². The smallest absolute Gasteiger partial charge is 0.271 e. The van der Waals surface area contributed by atoms with Crippen LogP contribution in [-0.4, -0.2) is 15.9 Å². The summed E-state index contributed by atoms with van der Waals surface area (Å²) in [6, 6.07) is 7.56. The number of aromatic hydroxyl groups is 1. The molecule has 0 unspecified atom stereocenters. The molecule has 124 valence electrons. The number of pyridine rings is 1. The summed E-state index contributed by atoms with van der Waals surface area (Å²) in [6.45, 7) is 9.18. The van der Waals surface area contributed by atoms with E-state index in [1.807, 2.05) is 38.1 Å². The molecule has 0 aliphatic heterocycles. The molecule has 0 fully saturated rings. The number of aliphatic imine (C=N–C) groups is 1. The van der Waals surface area contributed by atoms with E-state index in [9.17, 15) is 15.2 Å². The summed E-state index contributed by atoms with van der Waals surface area (Å²) < 4.78 is 1.22. The van der Waals surface area contributed by atoms with E-state index in [0.29, 0.717) is 11.1 Å². The normalized spacial score (nSPS) is 11.2. The molecule has 0 aliphatic rings. The molecule has 0 aliphatic carbocycles. The van der Waals surface area contributed by atoms with Crippen LogP contribution in [0.4, 0.5) is 5.69 Å². The fourth-order valence-electron chi connectivity index (χ4n) is 2.66. The molecular weight excluding hydrogens is 302 g/mol. The van der Waals surface area contributed by atoms with Gasteiger partial charge in [-0.05, 0) is 51.8 Å². The predicted molar refractivity (Wildman–Crippen MR) is 95.4 cm³/mol. The number of aryl methyl sites for hydroxylation is 2. The topological polar surface area (TPSA) is 78.4 Å². The summed E-state index contributed by atoms with van der Waals surface area (Å²) in [5, 5.41) is 19.8. The highest BCUT2D eigenvalue weighted by molar-refractivity contribution is 5.87. The zero-order valence-electron chi connectivity index (χ0n) is 14.6. The molecular formula is C19H21N3O2. The molecule has 0 atom stereocenters. The van der Waals surface area contributed by atoms with E-state index in [1.165, 1.54) is 10.8 Å². The average Bonchev–Trinajstić information content (AvgIpc) is 2.49. The van der Waals surface area contributed by atoms with Crippen LogP contribution in [0.5, 0.6) is 5.88 Å². The van der Waals surface area contributed by atoms with Crippen molar-refractivity contribution in [1.29, 1.82) is 5.26 Å². The van der Waals surface area contributed by atoms with Crippen LogP contribution in [0.25, 0.3) is 0 Å². The van der Waals surface area contributed by atoms with Gasteiger partial charge in [-0.1, -0.05) is 17.7 Å². The highest BCUT2D eigenvalue weighted by Gasteiger charge is 2.19. The van der Waals surface area contributed by atoms with Crippen LogP contribution >= 0.6 is 0 Å². The first-order chi connectivity index (χ1) is 11.3. The Balaban J connectivity index is 2.66. The first kappa shape index (κ1) is 17.5. The van der Waals surface area contributed by atoms with Crippen molar-refractivity contribution < 1.29 is 5.11 Å². The van der Waals surface area contributed by atoms with Gasteiger partial charge in [-0.25, -0.2) is 0 Å². The zero-order valence-corrected chi connectivity index (χ0v) is 14.6. The number of hydrogen-bond acceptors (Lipinski definition) is 4. The Hall–Kier alpha value is -2.87. The van der Waals surface area contributed by atoms with Crippen LogP contribution in [0.2, 0.25) is 0 Å². The number of nitriles is 1. The van der Waals surface area contributed by atoms with Crippen LogP contribution in [0.15, 0.2) is 28.0 Å². The van der Waals surface area contributed by atoms with Gasteiger partial charge < -0.3 is 5.11 Å². The van der Waals surface area contributed by atoms with Crippen molar-refractivity contribution in [1.82, 2.24) is 4.57 Å². The van der Waals surface area contributed by atoms with Crippen LogP contribution in [0.1, 0.15) is 47.7 Å². The van der Waals surface area contributed by atoms with Gasteiger partial charge in [0.25, 0.3) is 5.56 Å². The minimum Gasteiger partial charge on any atom is -0.494 e. The fraction of sp³-hybridized carbons (Fsp3) is 0.316. The van der Waals surface area contributed by atoms with E-state index in [1.54, 1.807) is 20.8 Å². The number of nitrogens with zero attached hydrogens (tertiary/aromatic N) is 3. The van der Waals surface area contributed by atoms with Gasteiger partial charge in [0, 0.05) is 12.3 Å². The maximum Gasteiger partial charge on any atom is 0.271 e. The Morgan fingerprint density at radius 2 is 1.96 bits per heavy atom. The SMILES string of the molecule is Cc1ccc(N=Cc2c(C)c(C#N)c(=O)n(C(C)C)c2O)c(C)c1. The molecule has 2 aromatic rings. The van der Waals surface area contributed by atoms with Gasteiger partial charge in [-0.2, -0.15) is 5.26 Å². The minimum absolute atomic E-state index is 0.0311. The summed E-state index contributed by atoms with van der Waals surface area (Å²) in [7, 11) is 0. The Morgan fingerprint density at radius 3 is 2.50 bits per heavy atom. The highest BCUT2D eigenvalue weighted by Crippen LogP contribution is 2.25. The van der Waals surface area contributed by atoms with Gasteiger partial charge in [0.15, 0.2) is 0 Å². The highest BCUT2D eigenvalue weighted by atomic mass is 16.3. The second-order valence-electron chi connectivity index (χ2n) is 6.17. The van der Waals surface area contributed by atoms with Crippen molar-refractivity contribution in [3.05, 3.63) is 56.4 Å². The molecule has 1 heterocycles. The third-order valence-electron chi connectivity index (χ3n) is 3.99. The van der Waals surface area contributed by atoms with E-state index >= 15 is 0 Å². The van der Waals surface area contributed by atoms with Gasteiger partial charge in [-0.3, -0.25) is 14.4 Å². The maximum absolute atomic E-state index is 12.3. The van der Waals surface area contributed by atoms with Crippen molar-refractivity contribution >= 4 is 11.9 Å². The molecule has 5 heteroatoms. The molecule has 0 amide bonds. The molecule has 0 spiro atoms. The molecule has 0 radical (unpaired) electrons. The molecule has 0 saturated carbocycles. The van der Waals surface area contributed by atoms with E-state index in [-0.39, 0.29) is 17.5 Å². The summed E-state index contributed by atoms with van der Waals surface area (Å²) >= 11 is 0. The molecule has 5 nitrogen and oxygen atoms in total. The lowest BCUT2D eigenvalue weighted by Crippen LogP contribution is -2.26. The zero-order chi connectivity index (χ0) is 18.0. The van der Waals surface area contributed by atoms with Gasteiger partial charge in [0.2, 0.25) is 5.88 Å². The lowest BCUT2D eigenvalue weighted by atomic mass is 10.1. The molecule has 24 heavy (non-hydrogen) atoms. The predicted octanol–water partition coefficient (Wildman–Crippen LogP) is 3.68. The van der Waals surface area contributed by atoms with Gasteiger partial charge in [0.05, 0.1) is 11.3 Å². The van der Waals surface area contributed by atoms with Crippen LogP contribution in [0.3, 0.4) is 0 Å². The van der Waals surface area contributed by atoms with Gasteiger partial charge in [0.1, 0.15) is 11.6 Å². The molecule has 0 bridgehead atoms. The monoisotopic (exact) mass is 323 g/mol. The standard InChI is InChI=1S/C19H21N3O2/c1-11(2)22-18(23)15(9-20)14(5)16(19(22)24)10-21-17-7-6-12(3)8-13(17)4/h6-8,10-11,24H,1-5H3. The Kier molecular flexibility index (Phi) is 4.89. The number of hydrogen-bond donors (Lipinski definition) is 1. The average molecular weight is 323 g/mol. The second kappa shape index (κ2) is 6.71. The van der Waals surface area contributed by atoms with Gasteiger partial charge >= 0.3 is 0 Å². The van der Waals surface area contributed by atoms with Crippen molar-refractivity contribution in [3.8, 4) is 11.9 Å². The third kappa shape index (κ3) is 3.09. The molecule has 1 aromatic carbocycles. The molecule has 1 aromatic heterocycles. The van der Waals surface area contributed by atoms with E-state index in [0.717, 1.165) is 16.8 Å². The van der Waals surface area contributed by atoms with Crippen molar-refractivity contribution in [2.45, 2.75) is 40.7 Å². The van der Waals surface area contributed by atoms with Crippen LogP contribution < -0.4 is 5.56 Å². The van der Waals surface area contributed by atoms with Crippen molar-refractivity contribution in [2.24, 2.45) is 4.99 Å². The second-order valence-corrected chi connectivity index (χ2v) is 6.17. The third-order valence-corrected chi connectivity index (χ3v) is 3.99. The Morgan fingerprint density at radius 1 is 1.29 bits per heavy atom. The fourth-order valence-corrected chi connectivity index (χ4v) is 2.66. The largest absolute Gasteiger partial charge is 0.494 e. The van der Waals surface area contributed by atoms with Crippen molar-refractivity contribution in [3.63, 3.8) is 0 Å². The first-order valence-corrected chi connectivity index (χ1v) is 7.77. The molecule has 2 rings (SSSR count). The lowest BCUT2D eigenvalue weighted by Gasteiger charge is -2.16. The maximum atomic E-state index is 12.3. The minimum atomic E-state index is -0.480. The quantitative estimate of drug-likeness (QED) is 0.875. The summed E-state index contributed by atoms with van der Waals surface area (Å²) in [5.41, 5.74) is 3.31. The van der Waals surface area contributed by atoms with Crippen molar-refractivity contribution in [2.75, 3.05) is 0 Å². The Bertz CT molecular complexity index is 916. The summed E-state index contributed by atoms with van der Waals surface area (Å²) in [5.74, 6) is -0.167.